The van der Waals surface area contributed by atoms with Crippen LogP contribution in [0.5, 0.6) is 17.2 Å². The van der Waals surface area contributed by atoms with E-state index in [4.69, 9.17) is 25.8 Å². The maximum absolute atomic E-state index is 12.1. The van der Waals surface area contributed by atoms with Crippen molar-refractivity contribution in [2.75, 3.05) is 11.9 Å². The average Bonchev–Trinajstić information content (AvgIpc) is 2.98. The summed E-state index contributed by atoms with van der Waals surface area (Å²) in [6, 6.07) is 12.5. The number of carbonyl (C=O) groups is 1. The van der Waals surface area contributed by atoms with E-state index in [1.54, 1.807) is 36.4 Å². The van der Waals surface area contributed by atoms with Crippen LogP contribution in [0.3, 0.4) is 0 Å². The van der Waals surface area contributed by atoms with Crippen LogP contribution in [0.1, 0.15) is 32.1 Å². The summed E-state index contributed by atoms with van der Waals surface area (Å²) in [6.07, 6.45) is 5.23. The number of hydrogen-bond donors (Lipinski definition) is 1. The summed E-state index contributed by atoms with van der Waals surface area (Å²) in [7, 11) is 0. The quantitative estimate of drug-likeness (QED) is 0.837. The Kier molecular flexibility index (Phi) is 4.64. The third-order valence-corrected chi connectivity index (χ3v) is 4.94. The smallest absolute Gasteiger partial charge is 0.262 e. The van der Waals surface area contributed by atoms with Gasteiger partial charge in [-0.15, -0.1) is 0 Å². The molecule has 1 fully saturated rings. The van der Waals surface area contributed by atoms with Gasteiger partial charge >= 0.3 is 0 Å². The number of para-hydroxylation sites is 1. The van der Waals surface area contributed by atoms with Crippen LogP contribution in [0.15, 0.2) is 42.5 Å². The molecule has 136 valence electrons. The van der Waals surface area contributed by atoms with E-state index in [-0.39, 0.29) is 12.5 Å². The molecule has 2 aliphatic rings. The van der Waals surface area contributed by atoms with Crippen molar-refractivity contribution in [2.45, 2.75) is 37.9 Å². The molecule has 1 aliphatic heterocycles. The molecule has 0 unspecified atom stereocenters. The number of halogens is 1. The highest BCUT2D eigenvalue weighted by atomic mass is 35.5. The van der Waals surface area contributed by atoms with E-state index in [0.29, 0.717) is 22.2 Å². The van der Waals surface area contributed by atoms with Crippen LogP contribution in [-0.4, -0.2) is 18.3 Å². The standard InChI is InChI=1S/C20H20ClNO4/c21-15-6-2-3-7-16(15)24-13-19(23)22-14-8-9-17-18(12-14)26-20(25-17)10-4-1-5-11-20/h2-3,6-9,12H,1,4-5,10-11,13H2,(H,22,23). The zero-order valence-corrected chi connectivity index (χ0v) is 15.1. The largest absolute Gasteiger partial charge is 0.482 e. The Morgan fingerprint density at radius 2 is 1.85 bits per heavy atom. The Labute approximate surface area is 157 Å². The third-order valence-electron chi connectivity index (χ3n) is 4.63. The fraction of sp³-hybridized carbons (Fsp3) is 0.350. The van der Waals surface area contributed by atoms with Gasteiger partial charge in [0, 0.05) is 24.6 Å². The van der Waals surface area contributed by atoms with Crippen LogP contribution < -0.4 is 19.5 Å². The lowest BCUT2D eigenvalue weighted by molar-refractivity contribution is -0.118. The van der Waals surface area contributed by atoms with Crippen molar-refractivity contribution in [1.29, 1.82) is 0 Å². The number of carbonyl (C=O) groups excluding carboxylic acids is 1. The molecule has 4 rings (SSSR count). The van der Waals surface area contributed by atoms with Gasteiger partial charge in [-0.05, 0) is 37.1 Å². The summed E-state index contributed by atoms with van der Waals surface area (Å²) < 4.78 is 17.6. The highest BCUT2D eigenvalue weighted by molar-refractivity contribution is 6.32. The molecule has 0 radical (unpaired) electrons. The monoisotopic (exact) mass is 373 g/mol. The van der Waals surface area contributed by atoms with Gasteiger partial charge in [-0.1, -0.05) is 30.2 Å². The van der Waals surface area contributed by atoms with Gasteiger partial charge in [0.05, 0.1) is 5.02 Å². The van der Waals surface area contributed by atoms with Crippen LogP contribution in [0, 0.1) is 0 Å². The number of fused-ring (bicyclic) bond motifs is 1. The molecular weight excluding hydrogens is 354 g/mol. The second kappa shape index (κ2) is 7.08. The van der Waals surface area contributed by atoms with Gasteiger partial charge < -0.3 is 19.5 Å². The fourth-order valence-electron chi connectivity index (χ4n) is 3.37. The minimum Gasteiger partial charge on any atom is -0.482 e. The van der Waals surface area contributed by atoms with Gasteiger partial charge in [0.1, 0.15) is 5.75 Å². The van der Waals surface area contributed by atoms with Crippen LogP contribution in [0.2, 0.25) is 5.02 Å². The molecule has 1 saturated carbocycles. The lowest BCUT2D eigenvalue weighted by atomic mass is 9.94. The highest BCUT2D eigenvalue weighted by Gasteiger charge is 2.42. The maximum Gasteiger partial charge on any atom is 0.262 e. The lowest BCUT2D eigenvalue weighted by Gasteiger charge is -2.31. The zero-order valence-electron chi connectivity index (χ0n) is 14.3. The van der Waals surface area contributed by atoms with Gasteiger partial charge in [0.25, 0.3) is 11.7 Å². The molecule has 0 aromatic heterocycles. The van der Waals surface area contributed by atoms with Crippen LogP contribution >= 0.6 is 11.6 Å². The molecular formula is C20H20ClNO4. The summed E-state index contributed by atoms with van der Waals surface area (Å²) in [5.41, 5.74) is 0.646. The van der Waals surface area contributed by atoms with Crippen LogP contribution in [0.25, 0.3) is 0 Å². The molecule has 0 bridgehead atoms. The van der Waals surface area contributed by atoms with Crippen molar-refractivity contribution in [1.82, 2.24) is 0 Å². The molecule has 2 aromatic carbocycles. The molecule has 1 aliphatic carbocycles. The second-order valence-corrected chi connectivity index (χ2v) is 7.01. The molecule has 2 aromatic rings. The first-order chi connectivity index (χ1) is 12.6. The maximum atomic E-state index is 12.1. The summed E-state index contributed by atoms with van der Waals surface area (Å²) >= 11 is 6.02. The van der Waals surface area contributed by atoms with Crippen LogP contribution in [-0.2, 0) is 4.79 Å². The van der Waals surface area contributed by atoms with E-state index >= 15 is 0 Å². The van der Waals surface area contributed by atoms with Crippen molar-refractivity contribution < 1.29 is 19.0 Å². The Morgan fingerprint density at radius 1 is 1.08 bits per heavy atom. The first kappa shape index (κ1) is 17.0. The van der Waals surface area contributed by atoms with Crippen LogP contribution in [0.4, 0.5) is 5.69 Å². The van der Waals surface area contributed by atoms with Crippen molar-refractivity contribution in [3.05, 3.63) is 47.5 Å². The molecule has 1 heterocycles. The molecule has 0 saturated heterocycles. The Balaban J connectivity index is 1.37. The first-order valence-electron chi connectivity index (χ1n) is 8.83. The summed E-state index contributed by atoms with van der Waals surface area (Å²) in [6.45, 7) is -0.123. The predicted molar refractivity (Wildman–Crippen MR) is 99.1 cm³/mol. The summed E-state index contributed by atoms with van der Waals surface area (Å²) in [5.74, 6) is 1.11. The first-order valence-corrected chi connectivity index (χ1v) is 9.21. The Bertz CT molecular complexity index is 817. The van der Waals surface area contributed by atoms with E-state index < -0.39 is 5.79 Å². The zero-order chi connectivity index (χ0) is 18.0. The summed E-state index contributed by atoms with van der Waals surface area (Å²) in [5, 5.41) is 3.28. The number of ether oxygens (including phenoxy) is 3. The average molecular weight is 374 g/mol. The number of rotatable bonds is 4. The Hall–Kier alpha value is -2.40. The van der Waals surface area contributed by atoms with Crippen molar-refractivity contribution in [3.8, 4) is 17.2 Å². The van der Waals surface area contributed by atoms with Gasteiger partial charge in [-0.3, -0.25) is 4.79 Å². The number of benzene rings is 2. The third kappa shape index (κ3) is 3.58. The minimum atomic E-state index is -0.517. The minimum absolute atomic E-state index is 0.123. The van der Waals surface area contributed by atoms with Gasteiger partial charge in [-0.2, -0.15) is 0 Å². The molecule has 6 heteroatoms. The highest BCUT2D eigenvalue weighted by Crippen LogP contribution is 2.46. The normalized spacial score (nSPS) is 17.1. The fourth-order valence-corrected chi connectivity index (χ4v) is 3.56. The number of hydrogen-bond acceptors (Lipinski definition) is 4. The van der Waals surface area contributed by atoms with Crippen molar-refractivity contribution in [3.63, 3.8) is 0 Å². The molecule has 1 spiro atoms. The topological polar surface area (TPSA) is 56.8 Å². The predicted octanol–water partition coefficient (Wildman–Crippen LogP) is 4.79. The van der Waals surface area contributed by atoms with E-state index in [9.17, 15) is 4.79 Å². The molecule has 1 N–H and O–H groups in total. The summed E-state index contributed by atoms with van der Waals surface area (Å²) in [4.78, 5) is 12.1. The molecule has 5 nitrogen and oxygen atoms in total. The van der Waals surface area contributed by atoms with E-state index in [1.165, 1.54) is 6.42 Å². The van der Waals surface area contributed by atoms with E-state index in [0.717, 1.165) is 31.4 Å². The number of amides is 1. The molecule has 1 amide bonds. The Morgan fingerprint density at radius 3 is 2.65 bits per heavy atom. The molecule has 26 heavy (non-hydrogen) atoms. The van der Waals surface area contributed by atoms with E-state index in [2.05, 4.69) is 5.32 Å². The molecule has 0 atom stereocenters. The van der Waals surface area contributed by atoms with Gasteiger partial charge in [0.15, 0.2) is 18.1 Å². The van der Waals surface area contributed by atoms with Gasteiger partial charge in [-0.25, -0.2) is 0 Å². The SMILES string of the molecule is O=C(COc1ccccc1Cl)Nc1ccc2c(c1)OC1(CCCCC1)O2. The van der Waals surface area contributed by atoms with Gasteiger partial charge in [0.2, 0.25) is 0 Å². The van der Waals surface area contributed by atoms with Crippen molar-refractivity contribution >= 4 is 23.2 Å². The lowest BCUT2D eigenvalue weighted by Crippen LogP contribution is -2.40. The number of anilines is 1. The number of nitrogens with one attached hydrogen (secondary N) is 1. The van der Waals surface area contributed by atoms with E-state index in [1.807, 2.05) is 6.07 Å². The van der Waals surface area contributed by atoms with Crippen molar-refractivity contribution in [2.24, 2.45) is 0 Å². The second-order valence-electron chi connectivity index (χ2n) is 6.60.